The van der Waals surface area contributed by atoms with Crippen LogP contribution in [0.25, 0.3) is 0 Å². The lowest BCUT2D eigenvalue weighted by molar-refractivity contribution is -0.0945. The van der Waals surface area contributed by atoms with Crippen molar-refractivity contribution in [2.75, 3.05) is 19.6 Å². The summed E-state index contributed by atoms with van der Waals surface area (Å²) in [6.07, 6.45) is 1.18. The lowest BCUT2D eigenvalue weighted by Gasteiger charge is -2.45. The summed E-state index contributed by atoms with van der Waals surface area (Å²) >= 11 is 0. The number of aryl methyl sites for hydroxylation is 1. The van der Waals surface area contributed by atoms with Crippen LogP contribution in [-0.4, -0.2) is 59.8 Å². The largest absolute Gasteiger partial charge is 0.373 e. The Bertz CT molecular complexity index is 877. The van der Waals surface area contributed by atoms with Crippen molar-refractivity contribution in [1.29, 1.82) is 0 Å². The van der Waals surface area contributed by atoms with E-state index in [1.165, 1.54) is 14.1 Å². The van der Waals surface area contributed by atoms with Gasteiger partial charge in [0.15, 0.2) is 4.90 Å². The van der Waals surface area contributed by atoms with Crippen LogP contribution >= 0.6 is 0 Å². The summed E-state index contributed by atoms with van der Waals surface area (Å²) in [6.45, 7) is 9.37. The van der Waals surface area contributed by atoms with Crippen LogP contribution in [0, 0.1) is 0 Å². The van der Waals surface area contributed by atoms with E-state index in [-0.39, 0.29) is 18.8 Å². The maximum Gasteiger partial charge on any atom is 0.330 e. The van der Waals surface area contributed by atoms with Gasteiger partial charge in [0.05, 0.1) is 12.2 Å². The Balaban J connectivity index is 2.23. The van der Waals surface area contributed by atoms with Crippen LogP contribution in [0.1, 0.15) is 27.7 Å². The number of hydrogen-bond donors (Lipinski definition) is 1. The average molecular weight is 388 g/mol. The van der Waals surface area contributed by atoms with E-state index in [1.807, 2.05) is 27.7 Å². The molecule has 1 aromatic heterocycles. The molecule has 0 saturated carbocycles. The lowest BCUT2D eigenvalue weighted by Crippen LogP contribution is -2.58. The quantitative estimate of drug-likeness (QED) is 0.712. The van der Waals surface area contributed by atoms with Crippen molar-refractivity contribution in [3.63, 3.8) is 0 Å². The highest BCUT2D eigenvalue weighted by Crippen LogP contribution is 2.21. The Morgan fingerprint density at radius 1 is 1.19 bits per heavy atom. The maximum atomic E-state index is 12.6. The van der Waals surface area contributed by atoms with Crippen LogP contribution in [0.3, 0.4) is 0 Å². The van der Waals surface area contributed by atoms with Crippen molar-refractivity contribution >= 4 is 10.0 Å². The highest BCUT2D eigenvalue weighted by Gasteiger charge is 2.34. The summed E-state index contributed by atoms with van der Waals surface area (Å²) in [4.78, 5) is 25.7. The molecule has 0 bridgehead atoms. The van der Waals surface area contributed by atoms with Gasteiger partial charge < -0.3 is 9.30 Å². The molecule has 0 unspecified atom stereocenters. The second-order valence-corrected chi connectivity index (χ2v) is 9.29. The molecule has 2 atom stereocenters. The second-order valence-electron chi connectivity index (χ2n) is 7.55. The zero-order valence-electron chi connectivity index (χ0n) is 16.1. The molecular formula is C16H28N4O5S. The van der Waals surface area contributed by atoms with E-state index in [2.05, 4.69) is 9.62 Å². The van der Waals surface area contributed by atoms with E-state index in [4.69, 9.17) is 4.74 Å². The van der Waals surface area contributed by atoms with Crippen LogP contribution in [0.2, 0.25) is 0 Å². The number of ether oxygens (including phenoxy) is 1. The summed E-state index contributed by atoms with van der Waals surface area (Å²) in [5.41, 5.74) is -1.89. The number of rotatable bonds is 5. The highest BCUT2D eigenvalue weighted by molar-refractivity contribution is 7.89. The summed E-state index contributed by atoms with van der Waals surface area (Å²) in [5.74, 6) is 0. The van der Waals surface area contributed by atoms with Gasteiger partial charge in [0.2, 0.25) is 10.0 Å². The molecule has 9 nitrogen and oxygen atoms in total. The van der Waals surface area contributed by atoms with Gasteiger partial charge in [0, 0.05) is 45.5 Å². The van der Waals surface area contributed by atoms with Crippen molar-refractivity contribution in [2.45, 2.75) is 50.3 Å². The monoisotopic (exact) mass is 388 g/mol. The van der Waals surface area contributed by atoms with E-state index in [0.717, 1.165) is 15.3 Å². The molecule has 0 amide bonds. The Morgan fingerprint density at radius 2 is 1.73 bits per heavy atom. The average Bonchev–Trinajstić information content (AvgIpc) is 2.53. The van der Waals surface area contributed by atoms with Crippen molar-refractivity contribution in [2.24, 2.45) is 14.1 Å². The smallest absolute Gasteiger partial charge is 0.330 e. The fourth-order valence-electron chi connectivity index (χ4n) is 3.09. The van der Waals surface area contributed by atoms with E-state index >= 15 is 0 Å². The fraction of sp³-hybridized carbons (Fsp3) is 0.750. The third kappa shape index (κ3) is 4.25. The predicted octanol–water partition coefficient (Wildman–Crippen LogP) is -0.750. The number of sulfonamides is 1. The van der Waals surface area contributed by atoms with Crippen molar-refractivity contribution in [3.8, 4) is 0 Å². The first-order valence-electron chi connectivity index (χ1n) is 8.52. The molecule has 10 heteroatoms. The van der Waals surface area contributed by atoms with Gasteiger partial charge in [-0.1, -0.05) is 0 Å². The van der Waals surface area contributed by atoms with Gasteiger partial charge in [0.1, 0.15) is 0 Å². The van der Waals surface area contributed by atoms with E-state index in [1.54, 1.807) is 0 Å². The molecule has 2 heterocycles. The minimum atomic E-state index is -4.05. The summed E-state index contributed by atoms with van der Waals surface area (Å²) in [6, 6.07) is 0. The zero-order chi connectivity index (χ0) is 19.9. The first-order chi connectivity index (χ1) is 11.8. The number of hydrogen-bond acceptors (Lipinski definition) is 6. The van der Waals surface area contributed by atoms with Gasteiger partial charge in [-0.15, -0.1) is 0 Å². The molecular weight excluding hydrogens is 360 g/mol. The van der Waals surface area contributed by atoms with Crippen molar-refractivity contribution in [1.82, 2.24) is 18.8 Å². The number of morpholine rings is 1. The molecule has 1 aromatic rings. The first-order valence-corrected chi connectivity index (χ1v) is 10.0. The van der Waals surface area contributed by atoms with Gasteiger partial charge in [-0.2, -0.15) is 0 Å². The molecule has 1 aliphatic heterocycles. The zero-order valence-corrected chi connectivity index (χ0v) is 17.0. The van der Waals surface area contributed by atoms with E-state index < -0.39 is 31.7 Å². The minimum Gasteiger partial charge on any atom is -0.373 e. The minimum absolute atomic E-state index is 0.0607. The van der Waals surface area contributed by atoms with Crippen molar-refractivity contribution < 1.29 is 13.2 Å². The second kappa shape index (κ2) is 7.26. The third-order valence-electron chi connectivity index (χ3n) is 4.67. The Hall–Kier alpha value is -1.49. The molecule has 0 spiro atoms. The van der Waals surface area contributed by atoms with Gasteiger partial charge in [-0.25, -0.2) is 17.9 Å². The molecule has 1 aliphatic rings. The highest BCUT2D eigenvalue weighted by atomic mass is 32.2. The van der Waals surface area contributed by atoms with Gasteiger partial charge in [-0.3, -0.25) is 14.3 Å². The molecule has 0 aromatic carbocycles. The molecule has 2 rings (SSSR count). The molecule has 1 saturated heterocycles. The first kappa shape index (κ1) is 20.8. The standard InChI is InChI=1S/C16H28N4O5S/c1-11-7-20(8-12(2)25-11)16(3,4)10-17-26(23,24)13-9-18(5)15(22)19(6)14(13)21/h9,11-12,17H,7-8,10H2,1-6H3/t11-,12-/m0/s1. The van der Waals surface area contributed by atoms with Crippen LogP contribution in [0.5, 0.6) is 0 Å². The van der Waals surface area contributed by atoms with Gasteiger partial charge >= 0.3 is 5.69 Å². The van der Waals surface area contributed by atoms with Crippen LogP contribution in [0.15, 0.2) is 20.7 Å². The summed E-state index contributed by atoms with van der Waals surface area (Å²) in [7, 11) is -1.39. The summed E-state index contributed by atoms with van der Waals surface area (Å²) in [5, 5.41) is 0. The van der Waals surface area contributed by atoms with E-state index in [0.29, 0.717) is 13.1 Å². The number of nitrogens with zero attached hydrogens (tertiary/aromatic N) is 3. The van der Waals surface area contributed by atoms with Crippen molar-refractivity contribution in [3.05, 3.63) is 27.0 Å². The maximum absolute atomic E-state index is 12.6. The van der Waals surface area contributed by atoms with Gasteiger partial charge in [0.25, 0.3) is 5.56 Å². The van der Waals surface area contributed by atoms with Gasteiger partial charge in [-0.05, 0) is 27.7 Å². The third-order valence-corrected chi connectivity index (χ3v) is 6.06. The molecule has 148 valence electrons. The topological polar surface area (TPSA) is 103 Å². The fourth-order valence-corrected chi connectivity index (χ4v) is 4.46. The van der Waals surface area contributed by atoms with E-state index in [9.17, 15) is 18.0 Å². The normalized spacial score (nSPS) is 22.5. The molecule has 0 radical (unpaired) electrons. The Morgan fingerprint density at radius 3 is 2.27 bits per heavy atom. The summed E-state index contributed by atoms with van der Waals surface area (Å²) < 4.78 is 35.4. The number of nitrogens with one attached hydrogen (secondary N) is 1. The predicted molar refractivity (Wildman–Crippen MR) is 97.8 cm³/mol. The van der Waals surface area contributed by atoms with Crippen LogP contribution < -0.4 is 16.0 Å². The molecule has 26 heavy (non-hydrogen) atoms. The molecule has 1 fully saturated rings. The molecule has 1 N–H and O–H groups in total. The Kier molecular flexibility index (Phi) is 5.81. The number of aromatic nitrogens is 2. The lowest BCUT2D eigenvalue weighted by atomic mass is 10.0. The van der Waals surface area contributed by atoms with Crippen LogP contribution in [0.4, 0.5) is 0 Å². The van der Waals surface area contributed by atoms with Crippen LogP contribution in [-0.2, 0) is 28.9 Å². The molecule has 0 aliphatic carbocycles. The SMILES string of the molecule is C[C@H]1CN(C(C)(C)CNS(=O)(=O)c2cn(C)c(=O)n(C)c2=O)C[C@H](C)O1. The Labute approximate surface area is 153 Å².